The number of benzene rings is 2. The molecule has 13 heteroatoms. The second-order valence-electron chi connectivity index (χ2n) is 6.95. The third-order valence-corrected chi connectivity index (χ3v) is 5.76. The van der Waals surface area contributed by atoms with Crippen LogP contribution in [0.3, 0.4) is 0 Å². The molecule has 0 aliphatic carbocycles. The molecule has 0 atom stereocenters. The van der Waals surface area contributed by atoms with Gasteiger partial charge in [-0.05, 0) is 37.3 Å². The molecule has 3 aromatic rings. The number of amides is 2. The van der Waals surface area contributed by atoms with Crippen LogP contribution in [-0.4, -0.2) is 39.1 Å². The average Bonchev–Trinajstić information content (AvgIpc) is 3.47. The number of hydrogen-bond donors (Lipinski definition) is 2. The summed E-state index contributed by atoms with van der Waals surface area (Å²) in [5, 5.41) is 13.4. The Hall–Kier alpha value is -3.74. The van der Waals surface area contributed by atoms with E-state index in [1.807, 2.05) is 6.92 Å². The predicted octanol–water partition coefficient (Wildman–Crippen LogP) is 3.10. The zero-order valence-corrected chi connectivity index (χ0v) is 18.5. The Morgan fingerprint density at radius 3 is 2.68 bits per heavy atom. The first-order chi connectivity index (χ1) is 16.4. The number of ether oxygens (including phenoxy) is 2. The van der Waals surface area contributed by atoms with Gasteiger partial charge in [0.1, 0.15) is 0 Å². The molecule has 1 aliphatic heterocycles. The molecule has 0 saturated carbocycles. The molecule has 2 heterocycles. The van der Waals surface area contributed by atoms with Gasteiger partial charge in [0.25, 0.3) is 5.91 Å². The second kappa shape index (κ2) is 10.0. The standard InChI is InChI=1S/C21H18F3N5O4S/c1-2-29-16(8-25-20(31)11-3-6-14-15(7-11)33-10-32-14)27-28-21(29)34-9-17(30)26-13-5-4-12(22)18(23)19(13)24/h3-7H,2,8-10H2,1H3,(H,25,31)(H,26,30). The van der Waals surface area contributed by atoms with E-state index in [0.717, 1.165) is 23.9 Å². The SMILES string of the molecule is CCn1c(CNC(=O)c2ccc3c(c2)OCO3)nnc1SCC(=O)Nc1ccc(F)c(F)c1F. The molecular weight excluding hydrogens is 475 g/mol. The van der Waals surface area contributed by atoms with Crippen LogP contribution in [-0.2, 0) is 17.9 Å². The quantitative estimate of drug-likeness (QED) is 0.367. The van der Waals surface area contributed by atoms with Crippen molar-refractivity contribution in [2.24, 2.45) is 0 Å². The fraction of sp³-hybridized carbons (Fsp3) is 0.238. The highest BCUT2D eigenvalue weighted by molar-refractivity contribution is 7.99. The molecule has 0 bridgehead atoms. The van der Waals surface area contributed by atoms with Crippen molar-refractivity contribution in [1.82, 2.24) is 20.1 Å². The second-order valence-corrected chi connectivity index (χ2v) is 7.90. The van der Waals surface area contributed by atoms with Gasteiger partial charge in [-0.2, -0.15) is 0 Å². The number of fused-ring (bicyclic) bond motifs is 1. The Kier molecular flexibility index (Phi) is 6.91. The van der Waals surface area contributed by atoms with Crippen molar-refractivity contribution in [3.8, 4) is 11.5 Å². The molecule has 2 N–H and O–H groups in total. The molecule has 4 rings (SSSR count). The van der Waals surface area contributed by atoms with Crippen LogP contribution in [0.4, 0.5) is 18.9 Å². The summed E-state index contributed by atoms with van der Waals surface area (Å²) in [5.74, 6) is -4.13. The Morgan fingerprint density at radius 1 is 1.09 bits per heavy atom. The summed E-state index contributed by atoms with van der Waals surface area (Å²) < 4.78 is 52.3. The summed E-state index contributed by atoms with van der Waals surface area (Å²) in [6.07, 6.45) is 0. The molecule has 178 valence electrons. The van der Waals surface area contributed by atoms with E-state index in [9.17, 15) is 22.8 Å². The largest absolute Gasteiger partial charge is 0.454 e. The maximum atomic E-state index is 13.7. The van der Waals surface area contributed by atoms with Crippen molar-refractivity contribution in [3.63, 3.8) is 0 Å². The molecule has 0 radical (unpaired) electrons. The van der Waals surface area contributed by atoms with Crippen molar-refractivity contribution in [2.75, 3.05) is 17.9 Å². The summed E-state index contributed by atoms with van der Waals surface area (Å²) in [5.41, 5.74) is -0.0732. The first-order valence-corrected chi connectivity index (χ1v) is 11.0. The van der Waals surface area contributed by atoms with Crippen LogP contribution in [0.1, 0.15) is 23.1 Å². The molecule has 1 aromatic heterocycles. The minimum Gasteiger partial charge on any atom is -0.454 e. The minimum absolute atomic E-state index is 0.0843. The number of halogens is 3. The average molecular weight is 493 g/mol. The first-order valence-electron chi connectivity index (χ1n) is 10.0. The monoisotopic (exact) mass is 493 g/mol. The molecule has 1 aliphatic rings. The number of nitrogens with zero attached hydrogens (tertiary/aromatic N) is 3. The lowest BCUT2D eigenvalue weighted by Gasteiger charge is -2.09. The van der Waals surface area contributed by atoms with Crippen LogP contribution in [0.2, 0.25) is 0 Å². The Labute approximate surface area is 195 Å². The molecule has 9 nitrogen and oxygen atoms in total. The molecule has 2 aromatic carbocycles. The lowest BCUT2D eigenvalue weighted by atomic mass is 10.2. The van der Waals surface area contributed by atoms with Crippen LogP contribution >= 0.6 is 11.8 Å². The van der Waals surface area contributed by atoms with Crippen molar-refractivity contribution in [1.29, 1.82) is 0 Å². The van der Waals surface area contributed by atoms with Crippen LogP contribution in [0, 0.1) is 17.5 Å². The number of thioether (sulfide) groups is 1. The Morgan fingerprint density at radius 2 is 1.88 bits per heavy atom. The third kappa shape index (κ3) is 4.93. The zero-order valence-electron chi connectivity index (χ0n) is 17.7. The lowest BCUT2D eigenvalue weighted by molar-refractivity contribution is -0.113. The van der Waals surface area contributed by atoms with Gasteiger partial charge in [0, 0.05) is 12.1 Å². The van der Waals surface area contributed by atoms with Crippen LogP contribution < -0.4 is 20.1 Å². The zero-order chi connectivity index (χ0) is 24.2. The normalized spacial score (nSPS) is 12.0. The van der Waals surface area contributed by atoms with Crippen molar-refractivity contribution >= 4 is 29.3 Å². The van der Waals surface area contributed by atoms with E-state index in [0.29, 0.717) is 34.6 Å². The number of carbonyl (C=O) groups excluding carboxylic acids is 2. The highest BCUT2D eigenvalue weighted by atomic mass is 32.2. The number of carbonyl (C=O) groups is 2. The maximum absolute atomic E-state index is 13.7. The molecule has 34 heavy (non-hydrogen) atoms. The van der Waals surface area contributed by atoms with E-state index in [2.05, 4.69) is 20.8 Å². The van der Waals surface area contributed by atoms with Gasteiger partial charge in [-0.1, -0.05) is 11.8 Å². The topological polar surface area (TPSA) is 107 Å². The summed E-state index contributed by atoms with van der Waals surface area (Å²) >= 11 is 1.02. The van der Waals surface area contributed by atoms with E-state index in [-0.39, 0.29) is 25.0 Å². The van der Waals surface area contributed by atoms with Crippen LogP contribution in [0.5, 0.6) is 11.5 Å². The van der Waals surface area contributed by atoms with E-state index in [4.69, 9.17) is 9.47 Å². The van der Waals surface area contributed by atoms with E-state index in [1.54, 1.807) is 22.8 Å². The lowest BCUT2D eigenvalue weighted by Crippen LogP contribution is -2.24. The van der Waals surface area contributed by atoms with E-state index >= 15 is 0 Å². The van der Waals surface area contributed by atoms with E-state index in [1.165, 1.54) is 0 Å². The smallest absolute Gasteiger partial charge is 0.251 e. The molecule has 0 unspecified atom stereocenters. The fourth-order valence-electron chi connectivity index (χ4n) is 3.11. The maximum Gasteiger partial charge on any atom is 0.251 e. The predicted molar refractivity (Wildman–Crippen MR) is 115 cm³/mol. The molecule has 0 spiro atoms. The Bertz CT molecular complexity index is 1250. The highest BCUT2D eigenvalue weighted by Crippen LogP contribution is 2.32. The van der Waals surface area contributed by atoms with Gasteiger partial charge in [0.2, 0.25) is 12.7 Å². The van der Waals surface area contributed by atoms with Gasteiger partial charge < -0.3 is 24.7 Å². The van der Waals surface area contributed by atoms with Gasteiger partial charge in [0.05, 0.1) is 18.0 Å². The van der Waals surface area contributed by atoms with Crippen molar-refractivity contribution in [2.45, 2.75) is 25.2 Å². The summed E-state index contributed by atoms with van der Waals surface area (Å²) in [4.78, 5) is 24.6. The van der Waals surface area contributed by atoms with Crippen molar-refractivity contribution < 1.29 is 32.2 Å². The number of hydrogen-bond acceptors (Lipinski definition) is 7. The van der Waals surface area contributed by atoms with Crippen LogP contribution in [0.25, 0.3) is 0 Å². The molecule has 0 fully saturated rings. The summed E-state index contributed by atoms with van der Waals surface area (Å²) in [6, 6.07) is 6.50. The molecular formula is C21H18F3N5O4S. The van der Waals surface area contributed by atoms with Gasteiger partial charge in [-0.15, -0.1) is 10.2 Å². The summed E-state index contributed by atoms with van der Waals surface area (Å²) in [6.45, 7) is 2.49. The highest BCUT2D eigenvalue weighted by Gasteiger charge is 2.19. The molecule has 2 amide bonds. The molecule has 0 saturated heterocycles. The van der Waals surface area contributed by atoms with Gasteiger partial charge in [0.15, 0.2) is 39.9 Å². The van der Waals surface area contributed by atoms with E-state index < -0.39 is 29.0 Å². The fourth-order valence-corrected chi connectivity index (χ4v) is 3.93. The number of rotatable bonds is 8. The van der Waals surface area contributed by atoms with Crippen LogP contribution in [0.15, 0.2) is 35.5 Å². The first kappa shape index (κ1) is 23.4. The van der Waals surface area contributed by atoms with Gasteiger partial charge in [-0.25, -0.2) is 13.2 Å². The summed E-state index contributed by atoms with van der Waals surface area (Å²) in [7, 11) is 0. The third-order valence-electron chi connectivity index (χ3n) is 4.79. The Balaban J connectivity index is 1.34. The van der Waals surface area contributed by atoms with Gasteiger partial charge in [-0.3, -0.25) is 9.59 Å². The number of aromatic nitrogens is 3. The minimum atomic E-state index is -1.66. The van der Waals surface area contributed by atoms with Gasteiger partial charge >= 0.3 is 0 Å². The number of anilines is 1. The number of nitrogens with one attached hydrogen (secondary N) is 2. The van der Waals surface area contributed by atoms with Crippen molar-refractivity contribution in [3.05, 3.63) is 59.2 Å².